The lowest BCUT2D eigenvalue weighted by molar-refractivity contribution is 0.696. The fourth-order valence-corrected chi connectivity index (χ4v) is 3.60. The first-order valence-corrected chi connectivity index (χ1v) is 7.21. The second-order valence-electron chi connectivity index (χ2n) is 3.90. The van der Waals surface area contributed by atoms with Gasteiger partial charge in [-0.1, -0.05) is 0 Å². The van der Waals surface area contributed by atoms with E-state index in [9.17, 15) is 0 Å². The van der Waals surface area contributed by atoms with Gasteiger partial charge in [-0.05, 0) is 33.9 Å². The summed E-state index contributed by atoms with van der Waals surface area (Å²) < 4.78 is 2.96. The lowest BCUT2D eigenvalue weighted by Crippen LogP contribution is -2.17. The molecule has 18 heavy (non-hydrogen) atoms. The van der Waals surface area contributed by atoms with Crippen molar-refractivity contribution in [3.63, 3.8) is 0 Å². The second-order valence-corrected chi connectivity index (χ2v) is 5.50. The summed E-state index contributed by atoms with van der Waals surface area (Å²) in [5, 5.41) is 11.9. The Bertz CT molecular complexity index is 675. The number of hydrogen-bond acceptors (Lipinski definition) is 4. The highest BCUT2D eigenvalue weighted by molar-refractivity contribution is 9.10. The quantitative estimate of drug-likeness (QED) is 0.806. The molecular weight excluding hydrogens is 312 g/mol. The van der Waals surface area contributed by atoms with Gasteiger partial charge in [0.1, 0.15) is 0 Å². The molecule has 0 saturated heterocycles. The van der Waals surface area contributed by atoms with Crippen molar-refractivity contribution in [3.05, 3.63) is 51.1 Å². The van der Waals surface area contributed by atoms with E-state index in [0.29, 0.717) is 0 Å². The molecule has 3 rings (SSSR count). The molecule has 0 aliphatic rings. The van der Waals surface area contributed by atoms with Gasteiger partial charge in [0.15, 0.2) is 0 Å². The molecule has 1 atom stereocenters. The zero-order valence-corrected chi connectivity index (χ0v) is 12.1. The van der Waals surface area contributed by atoms with Gasteiger partial charge < -0.3 is 5.32 Å². The van der Waals surface area contributed by atoms with Crippen LogP contribution in [0.1, 0.15) is 17.2 Å². The Hall–Kier alpha value is -1.24. The Kier molecular flexibility index (Phi) is 3.15. The molecule has 0 aromatic carbocycles. The summed E-state index contributed by atoms with van der Waals surface area (Å²) >= 11 is 5.27. The van der Waals surface area contributed by atoms with Gasteiger partial charge >= 0.3 is 0 Å². The first kappa shape index (κ1) is 11.8. The van der Waals surface area contributed by atoms with E-state index in [1.807, 2.05) is 30.2 Å². The molecular formula is C12H11BrN4S. The van der Waals surface area contributed by atoms with Crippen molar-refractivity contribution in [2.75, 3.05) is 7.05 Å². The minimum Gasteiger partial charge on any atom is -0.309 e. The smallest absolute Gasteiger partial charge is 0.0896 e. The molecule has 3 aromatic heterocycles. The number of thiophene rings is 1. The molecule has 0 fully saturated rings. The molecule has 0 amide bonds. The van der Waals surface area contributed by atoms with Crippen molar-refractivity contribution >= 4 is 32.8 Å². The number of nitrogens with zero attached hydrogens (tertiary/aromatic N) is 3. The van der Waals surface area contributed by atoms with Crippen LogP contribution >= 0.6 is 27.3 Å². The van der Waals surface area contributed by atoms with Crippen LogP contribution in [0.4, 0.5) is 0 Å². The number of halogens is 1. The lowest BCUT2D eigenvalue weighted by Gasteiger charge is -2.14. The topological polar surface area (TPSA) is 42.2 Å². The molecule has 3 aromatic rings. The van der Waals surface area contributed by atoms with Crippen LogP contribution in [0.5, 0.6) is 0 Å². The molecule has 0 spiro atoms. The Labute approximate surface area is 117 Å². The van der Waals surface area contributed by atoms with E-state index in [-0.39, 0.29) is 6.04 Å². The number of aromatic nitrogens is 3. The van der Waals surface area contributed by atoms with Crippen molar-refractivity contribution in [1.82, 2.24) is 19.9 Å². The number of rotatable bonds is 3. The molecule has 3 heterocycles. The maximum atomic E-state index is 4.35. The standard InChI is InChI=1S/C12H11BrN4S/c1-14-12(9-6-18-7-10(9)13)8-4-16-17-3-2-15-5-11(8)17/h2-7,12,14H,1H3. The largest absolute Gasteiger partial charge is 0.309 e. The molecule has 0 bridgehead atoms. The molecule has 4 nitrogen and oxygen atoms in total. The fraction of sp³-hybridized carbons (Fsp3) is 0.167. The third-order valence-corrected chi connectivity index (χ3v) is 4.66. The predicted octanol–water partition coefficient (Wildman–Crippen LogP) is 2.86. The zero-order chi connectivity index (χ0) is 12.5. The van der Waals surface area contributed by atoms with E-state index < -0.39 is 0 Å². The summed E-state index contributed by atoms with van der Waals surface area (Å²) in [5.74, 6) is 0. The lowest BCUT2D eigenvalue weighted by atomic mass is 10.0. The van der Waals surface area contributed by atoms with Gasteiger partial charge in [-0.25, -0.2) is 4.52 Å². The fourth-order valence-electron chi connectivity index (χ4n) is 2.05. The van der Waals surface area contributed by atoms with Crippen molar-refractivity contribution in [2.24, 2.45) is 0 Å². The number of hydrogen-bond donors (Lipinski definition) is 1. The van der Waals surface area contributed by atoms with E-state index in [2.05, 4.69) is 42.1 Å². The van der Waals surface area contributed by atoms with Gasteiger partial charge in [0, 0.05) is 27.8 Å². The summed E-state index contributed by atoms with van der Waals surface area (Å²) in [4.78, 5) is 4.17. The third-order valence-electron chi connectivity index (χ3n) is 2.91. The van der Waals surface area contributed by atoms with Gasteiger partial charge in [-0.2, -0.15) is 16.4 Å². The highest BCUT2D eigenvalue weighted by Crippen LogP contribution is 2.32. The summed E-state index contributed by atoms with van der Waals surface area (Å²) in [6, 6.07) is 0.118. The van der Waals surface area contributed by atoms with Crippen LogP contribution in [0, 0.1) is 0 Å². The van der Waals surface area contributed by atoms with Crippen LogP contribution in [0.15, 0.2) is 40.0 Å². The van der Waals surface area contributed by atoms with Crippen LogP contribution in [0.25, 0.3) is 5.52 Å². The van der Waals surface area contributed by atoms with Crippen LogP contribution in [-0.4, -0.2) is 21.6 Å². The van der Waals surface area contributed by atoms with Crippen LogP contribution < -0.4 is 5.32 Å². The maximum absolute atomic E-state index is 4.35. The molecule has 0 saturated carbocycles. The van der Waals surface area contributed by atoms with Gasteiger partial charge in [-0.15, -0.1) is 0 Å². The summed E-state index contributed by atoms with van der Waals surface area (Å²) in [7, 11) is 1.95. The average molecular weight is 323 g/mol. The SMILES string of the molecule is CNC(c1cscc1Br)c1cnn2ccncc12. The van der Waals surface area contributed by atoms with E-state index in [0.717, 1.165) is 15.6 Å². The van der Waals surface area contributed by atoms with Gasteiger partial charge in [0.2, 0.25) is 0 Å². The van der Waals surface area contributed by atoms with E-state index in [4.69, 9.17) is 0 Å². The molecule has 0 aliphatic carbocycles. The highest BCUT2D eigenvalue weighted by Gasteiger charge is 2.19. The third kappa shape index (κ3) is 1.86. The first-order valence-electron chi connectivity index (χ1n) is 5.47. The monoisotopic (exact) mass is 322 g/mol. The molecule has 0 radical (unpaired) electrons. The Balaban J connectivity index is 2.15. The highest BCUT2D eigenvalue weighted by atomic mass is 79.9. The predicted molar refractivity (Wildman–Crippen MR) is 75.9 cm³/mol. The molecule has 1 N–H and O–H groups in total. The zero-order valence-electron chi connectivity index (χ0n) is 9.67. The Morgan fingerprint density at radius 3 is 2.94 bits per heavy atom. The van der Waals surface area contributed by atoms with Crippen molar-refractivity contribution in [3.8, 4) is 0 Å². The minimum atomic E-state index is 0.118. The van der Waals surface area contributed by atoms with E-state index >= 15 is 0 Å². The van der Waals surface area contributed by atoms with Crippen LogP contribution in [-0.2, 0) is 0 Å². The molecule has 6 heteroatoms. The Morgan fingerprint density at radius 2 is 2.22 bits per heavy atom. The normalized spacial score (nSPS) is 13.0. The summed E-state index contributed by atoms with van der Waals surface area (Å²) in [6.07, 6.45) is 7.32. The van der Waals surface area contributed by atoms with E-state index in [1.54, 1.807) is 17.5 Å². The average Bonchev–Trinajstić information content (AvgIpc) is 2.99. The molecule has 1 unspecified atom stereocenters. The number of fused-ring (bicyclic) bond motifs is 1. The number of nitrogens with one attached hydrogen (secondary N) is 1. The van der Waals surface area contributed by atoms with Crippen molar-refractivity contribution < 1.29 is 0 Å². The molecule has 92 valence electrons. The Morgan fingerprint density at radius 1 is 1.33 bits per heavy atom. The van der Waals surface area contributed by atoms with Gasteiger partial charge in [0.05, 0.1) is 24.0 Å². The van der Waals surface area contributed by atoms with Crippen molar-refractivity contribution in [2.45, 2.75) is 6.04 Å². The van der Waals surface area contributed by atoms with E-state index in [1.165, 1.54) is 5.56 Å². The molecule has 0 aliphatic heterocycles. The summed E-state index contributed by atoms with van der Waals surface area (Å²) in [5.41, 5.74) is 3.38. The second kappa shape index (κ2) is 4.79. The first-order chi connectivity index (χ1) is 8.81. The van der Waals surface area contributed by atoms with Gasteiger partial charge in [0.25, 0.3) is 0 Å². The summed E-state index contributed by atoms with van der Waals surface area (Å²) in [6.45, 7) is 0. The van der Waals surface area contributed by atoms with Crippen LogP contribution in [0.3, 0.4) is 0 Å². The maximum Gasteiger partial charge on any atom is 0.0896 e. The van der Waals surface area contributed by atoms with Crippen molar-refractivity contribution in [1.29, 1.82) is 0 Å². The van der Waals surface area contributed by atoms with Crippen LogP contribution in [0.2, 0.25) is 0 Å². The minimum absolute atomic E-state index is 0.118. The van der Waals surface area contributed by atoms with Gasteiger partial charge in [-0.3, -0.25) is 4.98 Å².